The Kier molecular flexibility index (Phi) is 7.67. The van der Waals surface area contributed by atoms with E-state index in [9.17, 15) is 0 Å². The molecule has 21 heavy (non-hydrogen) atoms. The molecular weight excluding hydrogens is 278 g/mol. The molecule has 1 rings (SSSR count). The fourth-order valence-corrected chi connectivity index (χ4v) is 2.85. The molecule has 0 unspecified atom stereocenters. The lowest BCUT2D eigenvalue weighted by Crippen LogP contribution is -2.37. The summed E-state index contributed by atoms with van der Waals surface area (Å²) < 4.78 is 0. The van der Waals surface area contributed by atoms with Gasteiger partial charge in [-0.1, -0.05) is 20.8 Å². The summed E-state index contributed by atoms with van der Waals surface area (Å²) in [5, 5.41) is 3.56. The predicted molar refractivity (Wildman–Crippen MR) is 94.1 cm³/mol. The van der Waals surface area contributed by atoms with E-state index in [1.807, 2.05) is 11.8 Å². The zero-order valence-corrected chi connectivity index (χ0v) is 15.4. The van der Waals surface area contributed by atoms with Gasteiger partial charge in [0.25, 0.3) is 0 Å². The quantitative estimate of drug-likeness (QED) is 0.793. The second-order valence-corrected chi connectivity index (χ2v) is 7.56. The maximum atomic E-state index is 4.79. The summed E-state index contributed by atoms with van der Waals surface area (Å²) >= 11 is 1.89. The number of aryl methyl sites for hydroxylation is 2. The Morgan fingerprint density at radius 2 is 1.57 bits per heavy atom. The molecule has 0 aliphatic carbocycles. The van der Waals surface area contributed by atoms with Crippen molar-refractivity contribution in [1.82, 2.24) is 15.3 Å². The highest BCUT2D eigenvalue weighted by atomic mass is 32.2. The zero-order chi connectivity index (χ0) is 15.9. The molecule has 120 valence electrons. The van der Waals surface area contributed by atoms with Crippen molar-refractivity contribution >= 4 is 11.8 Å². The fourth-order valence-electron chi connectivity index (χ4n) is 2.33. The fraction of sp³-hybridized carbons (Fsp3) is 0.765. The van der Waals surface area contributed by atoms with Gasteiger partial charge in [0.05, 0.1) is 5.75 Å². The van der Waals surface area contributed by atoms with Crippen molar-refractivity contribution in [1.29, 1.82) is 0 Å². The van der Waals surface area contributed by atoms with Crippen LogP contribution in [0.1, 0.15) is 64.3 Å². The molecule has 1 aromatic rings. The largest absolute Gasteiger partial charge is 0.312 e. The van der Waals surface area contributed by atoms with Crippen molar-refractivity contribution in [3.05, 3.63) is 22.8 Å². The summed E-state index contributed by atoms with van der Waals surface area (Å²) in [6.45, 7) is 14.2. The summed E-state index contributed by atoms with van der Waals surface area (Å²) in [5.41, 5.74) is 4.01. The second-order valence-electron chi connectivity index (χ2n) is 6.28. The molecule has 0 radical (unpaired) electrons. The van der Waals surface area contributed by atoms with Crippen LogP contribution in [0.3, 0.4) is 0 Å². The molecule has 0 saturated carbocycles. The molecule has 0 fully saturated rings. The van der Waals surface area contributed by atoms with Crippen LogP contribution in [-0.4, -0.2) is 27.8 Å². The predicted octanol–water partition coefficient (Wildman–Crippen LogP) is 3.79. The number of nitrogens with one attached hydrogen (secondary N) is 1. The minimum absolute atomic E-state index is 0.164. The molecule has 1 aromatic heterocycles. The molecule has 3 nitrogen and oxygen atoms in total. The maximum absolute atomic E-state index is 4.79. The molecule has 4 heteroatoms. The SMILES string of the molecule is CCSCc1nc(CC)c(CCNC(C)(C)C)c(CC)n1. The Hall–Kier alpha value is -0.610. The van der Waals surface area contributed by atoms with Crippen molar-refractivity contribution in [2.24, 2.45) is 0 Å². The average Bonchev–Trinajstić information content (AvgIpc) is 2.44. The lowest BCUT2D eigenvalue weighted by molar-refractivity contribution is 0.428. The summed E-state index contributed by atoms with van der Waals surface area (Å²) in [4.78, 5) is 9.59. The summed E-state index contributed by atoms with van der Waals surface area (Å²) in [5.74, 6) is 3.05. The Bertz CT molecular complexity index is 413. The average molecular weight is 310 g/mol. The number of aromatic nitrogens is 2. The van der Waals surface area contributed by atoms with Gasteiger partial charge in [-0.05, 0) is 57.9 Å². The molecular formula is C17H31N3S. The Morgan fingerprint density at radius 1 is 1.00 bits per heavy atom. The smallest absolute Gasteiger partial charge is 0.138 e. The van der Waals surface area contributed by atoms with Gasteiger partial charge in [0.1, 0.15) is 5.82 Å². The molecule has 1 N–H and O–H groups in total. The van der Waals surface area contributed by atoms with E-state index in [4.69, 9.17) is 9.97 Å². The summed E-state index contributed by atoms with van der Waals surface area (Å²) in [6, 6.07) is 0. The van der Waals surface area contributed by atoms with Crippen LogP contribution in [-0.2, 0) is 25.0 Å². The van der Waals surface area contributed by atoms with Gasteiger partial charge in [-0.2, -0.15) is 11.8 Å². The third-order valence-corrected chi connectivity index (χ3v) is 4.23. The van der Waals surface area contributed by atoms with Crippen LogP contribution >= 0.6 is 11.8 Å². The number of hydrogen-bond acceptors (Lipinski definition) is 4. The van der Waals surface area contributed by atoms with Crippen molar-refractivity contribution in [2.75, 3.05) is 12.3 Å². The molecule has 0 spiro atoms. The first kappa shape index (κ1) is 18.4. The minimum Gasteiger partial charge on any atom is -0.312 e. The monoisotopic (exact) mass is 309 g/mol. The van der Waals surface area contributed by atoms with E-state index >= 15 is 0 Å². The van der Waals surface area contributed by atoms with Gasteiger partial charge in [-0.15, -0.1) is 0 Å². The van der Waals surface area contributed by atoms with Crippen LogP contribution in [0.15, 0.2) is 0 Å². The van der Waals surface area contributed by atoms with E-state index in [0.29, 0.717) is 0 Å². The van der Waals surface area contributed by atoms with Gasteiger partial charge in [-0.3, -0.25) is 0 Å². The summed E-state index contributed by atoms with van der Waals surface area (Å²) in [7, 11) is 0. The van der Waals surface area contributed by atoms with Crippen LogP contribution < -0.4 is 5.32 Å². The van der Waals surface area contributed by atoms with Crippen molar-refractivity contribution in [2.45, 2.75) is 72.1 Å². The van der Waals surface area contributed by atoms with Gasteiger partial charge in [0, 0.05) is 16.9 Å². The topological polar surface area (TPSA) is 37.8 Å². The van der Waals surface area contributed by atoms with E-state index in [-0.39, 0.29) is 5.54 Å². The van der Waals surface area contributed by atoms with E-state index in [0.717, 1.165) is 43.1 Å². The highest BCUT2D eigenvalue weighted by Crippen LogP contribution is 2.17. The third kappa shape index (κ3) is 6.35. The van der Waals surface area contributed by atoms with E-state index in [1.54, 1.807) is 0 Å². The zero-order valence-electron chi connectivity index (χ0n) is 14.5. The molecule has 0 saturated heterocycles. The van der Waals surface area contributed by atoms with Crippen LogP contribution in [0.5, 0.6) is 0 Å². The number of nitrogens with zero attached hydrogens (tertiary/aromatic N) is 2. The van der Waals surface area contributed by atoms with Gasteiger partial charge < -0.3 is 5.32 Å². The van der Waals surface area contributed by atoms with Crippen LogP contribution in [0, 0.1) is 0 Å². The molecule has 0 aliphatic heterocycles. The maximum Gasteiger partial charge on any atom is 0.138 e. The highest BCUT2D eigenvalue weighted by molar-refractivity contribution is 7.98. The molecule has 0 amide bonds. The number of hydrogen-bond donors (Lipinski definition) is 1. The first-order chi connectivity index (χ1) is 9.91. The van der Waals surface area contributed by atoms with Crippen molar-refractivity contribution in [3.63, 3.8) is 0 Å². The lowest BCUT2D eigenvalue weighted by atomic mass is 10.0. The minimum atomic E-state index is 0.164. The van der Waals surface area contributed by atoms with Gasteiger partial charge in [0.2, 0.25) is 0 Å². The van der Waals surface area contributed by atoms with E-state index in [1.165, 1.54) is 17.0 Å². The summed E-state index contributed by atoms with van der Waals surface area (Å²) in [6.07, 6.45) is 3.00. The van der Waals surface area contributed by atoms with Crippen LogP contribution in [0.2, 0.25) is 0 Å². The Labute approximate surface area is 134 Å². The second kappa shape index (κ2) is 8.74. The molecule has 1 heterocycles. The van der Waals surface area contributed by atoms with E-state index < -0.39 is 0 Å². The lowest BCUT2D eigenvalue weighted by Gasteiger charge is -2.21. The number of thioether (sulfide) groups is 1. The highest BCUT2D eigenvalue weighted by Gasteiger charge is 2.14. The first-order valence-corrected chi connectivity index (χ1v) is 9.27. The van der Waals surface area contributed by atoms with E-state index in [2.05, 4.69) is 46.9 Å². The standard InChI is InChI=1S/C17H31N3S/c1-7-14-13(10-11-18-17(4,5)6)15(8-2)20-16(19-14)12-21-9-3/h18H,7-12H2,1-6H3. The van der Waals surface area contributed by atoms with Gasteiger partial charge in [-0.25, -0.2) is 9.97 Å². The molecule has 0 aliphatic rings. The molecule has 0 bridgehead atoms. The van der Waals surface area contributed by atoms with Crippen molar-refractivity contribution in [3.8, 4) is 0 Å². The van der Waals surface area contributed by atoms with Gasteiger partial charge >= 0.3 is 0 Å². The first-order valence-electron chi connectivity index (χ1n) is 8.11. The van der Waals surface area contributed by atoms with Gasteiger partial charge in [0.15, 0.2) is 0 Å². The third-order valence-electron chi connectivity index (χ3n) is 3.36. The molecule has 0 aromatic carbocycles. The normalized spacial score (nSPS) is 11.9. The Balaban J connectivity index is 2.90. The van der Waals surface area contributed by atoms with Crippen molar-refractivity contribution < 1.29 is 0 Å². The molecule has 0 atom stereocenters. The van der Waals surface area contributed by atoms with Crippen LogP contribution in [0.25, 0.3) is 0 Å². The number of rotatable bonds is 8. The Morgan fingerprint density at radius 3 is 2.00 bits per heavy atom. The van der Waals surface area contributed by atoms with Crippen LogP contribution in [0.4, 0.5) is 0 Å².